The molecule has 0 saturated heterocycles. The molecule has 1 aliphatic heterocycles. The zero-order valence-corrected chi connectivity index (χ0v) is 8.81. The average molecular weight is 200 g/mol. The monoisotopic (exact) mass is 200 g/mol. The highest BCUT2D eigenvalue weighted by atomic mass is 32.2. The minimum absolute atomic E-state index is 1.26. The van der Waals surface area contributed by atoms with Crippen molar-refractivity contribution in [1.82, 2.24) is 0 Å². The Morgan fingerprint density at radius 1 is 1.00 bits per heavy atom. The number of rotatable bonds is 0. The Morgan fingerprint density at radius 3 is 2.64 bits per heavy atom. The molecular weight excluding hydrogens is 188 g/mol. The van der Waals surface area contributed by atoms with Crippen molar-refractivity contribution in [3.8, 4) is 0 Å². The Balaban J connectivity index is 2.27. The van der Waals surface area contributed by atoms with Crippen molar-refractivity contribution in [2.45, 2.75) is 17.7 Å². The number of aryl methyl sites for hydroxylation is 1. The molecule has 1 heterocycles. The Morgan fingerprint density at radius 2 is 1.79 bits per heavy atom. The summed E-state index contributed by atoms with van der Waals surface area (Å²) < 4.78 is 0. The van der Waals surface area contributed by atoms with Gasteiger partial charge in [-0.25, -0.2) is 0 Å². The van der Waals surface area contributed by atoms with Crippen molar-refractivity contribution >= 4 is 22.5 Å². The van der Waals surface area contributed by atoms with Crippen molar-refractivity contribution in [3.05, 3.63) is 42.0 Å². The molecule has 70 valence electrons. The summed E-state index contributed by atoms with van der Waals surface area (Å²) in [5.41, 5.74) is 1.54. The van der Waals surface area contributed by atoms with Crippen molar-refractivity contribution in [3.63, 3.8) is 0 Å². The molecule has 0 bridgehead atoms. The summed E-state index contributed by atoms with van der Waals surface area (Å²) in [6, 6.07) is 13.3. The zero-order chi connectivity index (χ0) is 9.38. The highest BCUT2D eigenvalue weighted by molar-refractivity contribution is 7.99. The minimum Gasteiger partial charge on any atom is -0.126 e. The number of benzene rings is 2. The quantitative estimate of drug-likeness (QED) is 0.622. The Bertz CT molecular complexity index is 429. The highest BCUT2D eigenvalue weighted by Gasteiger charge is 2.09. The Hall–Kier alpha value is -0.950. The lowest BCUT2D eigenvalue weighted by atomic mass is 10.0. The Kier molecular flexibility index (Phi) is 1.98. The van der Waals surface area contributed by atoms with Crippen LogP contribution in [0.1, 0.15) is 12.0 Å². The second-order valence-electron chi connectivity index (χ2n) is 3.76. The molecule has 0 aromatic heterocycles. The maximum absolute atomic E-state index is 2.36. The highest BCUT2D eigenvalue weighted by Crippen LogP contribution is 2.33. The van der Waals surface area contributed by atoms with Crippen molar-refractivity contribution in [1.29, 1.82) is 0 Å². The normalized spacial score (nSPS) is 15.4. The van der Waals surface area contributed by atoms with E-state index < -0.39 is 0 Å². The summed E-state index contributed by atoms with van der Waals surface area (Å²) in [5, 5.41) is 2.76. The van der Waals surface area contributed by atoms with Gasteiger partial charge < -0.3 is 0 Å². The first-order chi connectivity index (χ1) is 6.93. The van der Waals surface area contributed by atoms with E-state index in [9.17, 15) is 0 Å². The molecule has 0 N–H and O–H groups in total. The van der Waals surface area contributed by atoms with Gasteiger partial charge in [0.1, 0.15) is 0 Å². The summed E-state index contributed by atoms with van der Waals surface area (Å²) in [6.45, 7) is 0. The molecular formula is C13H12S. The standard InChI is InChI=1S/C13H12S/c1-2-5-11-9-13-12(6-3-7-14-13)8-10(11)4-1/h1-2,4-5,8-9H,3,6-7H2. The number of hydrogen-bond acceptors (Lipinski definition) is 1. The topological polar surface area (TPSA) is 0 Å². The van der Waals surface area contributed by atoms with Gasteiger partial charge in [0.15, 0.2) is 0 Å². The summed E-state index contributed by atoms with van der Waals surface area (Å²) >= 11 is 2.00. The molecule has 0 unspecified atom stereocenters. The molecule has 0 radical (unpaired) electrons. The molecule has 2 aromatic rings. The van der Waals surface area contributed by atoms with Crippen LogP contribution in [0, 0.1) is 0 Å². The predicted octanol–water partition coefficient (Wildman–Crippen LogP) is 3.88. The fourth-order valence-corrected chi connectivity index (χ4v) is 3.11. The van der Waals surface area contributed by atoms with Crippen LogP contribution in [-0.2, 0) is 6.42 Å². The lowest BCUT2D eigenvalue weighted by Gasteiger charge is -2.15. The van der Waals surface area contributed by atoms with Gasteiger partial charge in [0, 0.05) is 4.90 Å². The second-order valence-corrected chi connectivity index (χ2v) is 4.90. The van der Waals surface area contributed by atoms with Crippen LogP contribution in [0.15, 0.2) is 41.3 Å². The molecule has 14 heavy (non-hydrogen) atoms. The molecule has 0 aliphatic carbocycles. The van der Waals surface area contributed by atoms with E-state index in [0.717, 1.165) is 0 Å². The van der Waals surface area contributed by atoms with Crippen molar-refractivity contribution in [2.75, 3.05) is 5.75 Å². The first kappa shape index (κ1) is 8.37. The SMILES string of the molecule is c1ccc2cc3c(cc2c1)CCCS3. The second kappa shape index (κ2) is 3.32. The smallest absolute Gasteiger partial charge is 0.0110 e. The summed E-state index contributed by atoms with van der Waals surface area (Å²) in [6.07, 6.45) is 2.59. The maximum atomic E-state index is 2.36. The number of fused-ring (bicyclic) bond motifs is 2. The molecule has 2 aromatic carbocycles. The van der Waals surface area contributed by atoms with Crippen LogP contribution in [0.25, 0.3) is 10.8 Å². The van der Waals surface area contributed by atoms with Crippen LogP contribution >= 0.6 is 11.8 Å². The molecule has 0 atom stereocenters. The molecule has 0 amide bonds. The molecule has 1 heteroatoms. The zero-order valence-electron chi connectivity index (χ0n) is 7.99. The van der Waals surface area contributed by atoms with Gasteiger partial charge >= 0.3 is 0 Å². The van der Waals surface area contributed by atoms with Gasteiger partial charge in [-0.1, -0.05) is 30.3 Å². The summed E-state index contributed by atoms with van der Waals surface area (Å²) in [4.78, 5) is 1.50. The third kappa shape index (κ3) is 1.32. The van der Waals surface area contributed by atoms with Crippen LogP contribution in [0.2, 0.25) is 0 Å². The van der Waals surface area contributed by atoms with Crippen LogP contribution in [0.5, 0.6) is 0 Å². The van der Waals surface area contributed by atoms with E-state index in [-0.39, 0.29) is 0 Å². The van der Waals surface area contributed by atoms with E-state index in [2.05, 4.69) is 36.4 Å². The third-order valence-electron chi connectivity index (χ3n) is 2.78. The van der Waals surface area contributed by atoms with Gasteiger partial charge in [0.2, 0.25) is 0 Å². The first-order valence-corrected chi connectivity index (χ1v) is 6.06. The molecule has 3 rings (SSSR count). The van der Waals surface area contributed by atoms with Gasteiger partial charge in [-0.3, -0.25) is 0 Å². The van der Waals surface area contributed by atoms with E-state index in [1.54, 1.807) is 5.56 Å². The van der Waals surface area contributed by atoms with Gasteiger partial charge in [0.05, 0.1) is 0 Å². The molecule has 0 fully saturated rings. The van der Waals surface area contributed by atoms with Crippen LogP contribution < -0.4 is 0 Å². The van der Waals surface area contributed by atoms with Crippen LogP contribution in [0.3, 0.4) is 0 Å². The molecule has 0 nitrogen and oxygen atoms in total. The predicted molar refractivity (Wildman–Crippen MR) is 63.0 cm³/mol. The van der Waals surface area contributed by atoms with Crippen molar-refractivity contribution < 1.29 is 0 Å². The number of hydrogen-bond donors (Lipinski definition) is 0. The first-order valence-electron chi connectivity index (χ1n) is 5.08. The lowest BCUT2D eigenvalue weighted by Crippen LogP contribution is -1.97. The largest absolute Gasteiger partial charge is 0.126 e. The van der Waals surface area contributed by atoms with E-state index in [1.165, 1.54) is 34.3 Å². The van der Waals surface area contributed by atoms with Gasteiger partial charge in [0.25, 0.3) is 0 Å². The fourth-order valence-electron chi connectivity index (χ4n) is 2.04. The van der Waals surface area contributed by atoms with Gasteiger partial charge in [-0.15, -0.1) is 11.8 Å². The summed E-state index contributed by atoms with van der Waals surface area (Å²) in [7, 11) is 0. The molecule has 0 spiro atoms. The van der Waals surface area contributed by atoms with Crippen LogP contribution in [0.4, 0.5) is 0 Å². The fraction of sp³-hybridized carbons (Fsp3) is 0.231. The molecule has 1 aliphatic rings. The van der Waals surface area contributed by atoms with Crippen LogP contribution in [-0.4, -0.2) is 5.75 Å². The molecule has 0 saturated carbocycles. The number of thioether (sulfide) groups is 1. The van der Waals surface area contributed by atoms with E-state index in [0.29, 0.717) is 0 Å². The third-order valence-corrected chi connectivity index (χ3v) is 3.96. The average Bonchev–Trinajstić information content (AvgIpc) is 2.26. The van der Waals surface area contributed by atoms with Crippen molar-refractivity contribution in [2.24, 2.45) is 0 Å². The van der Waals surface area contributed by atoms with E-state index in [4.69, 9.17) is 0 Å². The lowest BCUT2D eigenvalue weighted by molar-refractivity contribution is 0.893. The minimum atomic E-state index is 1.26. The van der Waals surface area contributed by atoms with Gasteiger partial charge in [-0.2, -0.15) is 0 Å². The van der Waals surface area contributed by atoms with Gasteiger partial charge in [-0.05, 0) is 41.0 Å². The Labute approximate surface area is 88.3 Å². The van der Waals surface area contributed by atoms with E-state index >= 15 is 0 Å². The summed E-state index contributed by atoms with van der Waals surface area (Å²) in [5.74, 6) is 1.28. The maximum Gasteiger partial charge on any atom is 0.0110 e. The van der Waals surface area contributed by atoms with E-state index in [1.807, 2.05) is 11.8 Å².